The lowest BCUT2D eigenvalue weighted by Crippen LogP contribution is -2.22. The Morgan fingerprint density at radius 1 is 1.11 bits per heavy atom. The molecule has 3 heterocycles. The van der Waals surface area contributed by atoms with Crippen LogP contribution in [0.4, 0.5) is 0 Å². The Morgan fingerprint density at radius 3 is 2.89 bits per heavy atom. The summed E-state index contributed by atoms with van der Waals surface area (Å²) in [6.45, 7) is 0.441. The van der Waals surface area contributed by atoms with Gasteiger partial charge >= 0.3 is 0 Å². The summed E-state index contributed by atoms with van der Waals surface area (Å²) in [4.78, 5) is 11.9. The third-order valence-corrected chi connectivity index (χ3v) is 3.09. The molecule has 1 unspecified atom stereocenters. The lowest BCUT2D eigenvalue weighted by atomic mass is 10.2. The monoisotopic (exact) mass is 253 g/mol. The van der Waals surface area contributed by atoms with Gasteiger partial charge in [0.05, 0.1) is 5.52 Å². The van der Waals surface area contributed by atoms with Gasteiger partial charge in [-0.05, 0) is 24.3 Å². The SMILES string of the molecule is c1ccc2c(c1)OCC(c1nc3ncccc3[nH]1)O2. The van der Waals surface area contributed by atoms with Gasteiger partial charge in [0.15, 0.2) is 29.1 Å². The van der Waals surface area contributed by atoms with Gasteiger partial charge in [-0.1, -0.05) is 12.1 Å². The number of rotatable bonds is 1. The van der Waals surface area contributed by atoms with Crippen LogP contribution in [0.5, 0.6) is 11.5 Å². The number of nitrogens with zero attached hydrogens (tertiary/aromatic N) is 2. The summed E-state index contributed by atoms with van der Waals surface area (Å²) in [5, 5.41) is 0. The van der Waals surface area contributed by atoms with E-state index in [4.69, 9.17) is 9.47 Å². The van der Waals surface area contributed by atoms with Crippen molar-refractivity contribution in [1.29, 1.82) is 0 Å². The quantitative estimate of drug-likeness (QED) is 0.723. The van der Waals surface area contributed by atoms with E-state index >= 15 is 0 Å². The molecule has 19 heavy (non-hydrogen) atoms. The third kappa shape index (κ3) is 1.71. The van der Waals surface area contributed by atoms with E-state index in [1.165, 1.54) is 0 Å². The zero-order valence-corrected chi connectivity index (χ0v) is 10.0. The fourth-order valence-electron chi connectivity index (χ4n) is 2.17. The Labute approximate surface area is 109 Å². The molecule has 0 amide bonds. The number of pyridine rings is 1. The molecule has 0 radical (unpaired) electrons. The Kier molecular flexibility index (Phi) is 2.17. The first kappa shape index (κ1) is 10.4. The average molecular weight is 253 g/mol. The molecule has 0 saturated carbocycles. The van der Waals surface area contributed by atoms with E-state index < -0.39 is 0 Å². The van der Waals surface area contributed by atoms with Gasteiger partial charge in [-0.2, -0.15) is 0 Å². The van der Waals surface area contributed by atoms with Crippen molar-refractivity contribution in [2.75, 3.05) is 6.61 Å². The van der Waals surface area contributed by atoms with E-state index in [-0.39, 0.29) is 6.10 Å². The second-order valence-electron chi connectivity index (χ2n) is 4.36. The van der Waals surface area contributed by atoms with Gasteiger partial charge in [-0.25, -0.2) is 9.97 Å². The first-order valence-corrected chi connectivity index (χ1v) is 6.09. The largest absolute Gasteiger partial charge is 0.485 e. The van der Waals surface area contributed by atoms with Crippen LogP contribution in [0.2, 0.25) is 0 Å². The highest BCUT2D eigenvalue weighted by Crippen LogP contribution is 2.35. The minimum Gasteiger partial charge on any atom is -0.485 e. The summed E-state index contributed by atoms with van der Waals surface area (Å²) in [7, 11) is 0. The number of imidazole rings is 1. The minimum atomic E-state index is -0.232. The fourth-order valence-corrected chi connectivity index (χ4v) is 2.17. The molecule has 5 nitrogen and oxygen atoms in total. The predicted molar refractivity (Wildman–Crippen MR) is 69.2 cm³/mol. The van der Waals surface area contributed by atoms with Crippen molar-refractivity contribution in [1.82, 2.24) is 15.0 Å². The van der Waals surface area contributed by atoms with E-state index in [0.717, 1.165) is 22.8 Å². The van der Waals surface area contributed by atoms with Crippen LogP contribution in [-0.4, -0.2) is 21.6 Å². The Morgan fingerprint density at radius 2 is 2.00 bits per heavy atom. The van der Waals surface area contributed by atoms with Gasteiger partial charge in [0.1, 0.15) is 6.61 Å². The first-order valence-electron chi connectivity index (χ1n) is 6.09. The second kappa shape index (κ2) is 3.98. The molecule has 1 aromatic carbocycles. The first-order chi connectivity index (χ1) is 9.40. The van der Waals surface area contributed by atoms with E-state index in [2.05, 4.69) is 15.0 Å². The molecule has 94 valence electrons. The zero-order chi connectivity index (χ0) is 12.7. The summed E-state index contributed by atoms with van der Waals surface area (Å²) in [5.41, 5.74) is 1.60. The number of aromatic amines is 1. The summed E-state index contributed by atoms with van der Waals surface area (Å²) < 4.78 is 11.6. The zero-order valence-electron chi connectivity index (χ0n) is 10.0. The molecule has 1 N–H and O–H groups in total. The summed E-state index contributed by atoms with van der Waals surface area (Å²) in [6, 6.07) is 11.4. The molecule has 3 aromatic rings. The molecule has 0 spiro atoms. The molecule has 4 rings (SSSR count). The molecule has 0 saturated heterocycles. The number of H-pyrrole nitrogens is 1. The maximum atomic E-state index is 5.90. The summed E-state index contributed by atoms with van der Waals surface area (Å²) >= 11 is 0. The average Bonchev–Trinajstić information content (AvgIpc) is 2.90. The molecule has 2 aromatic heterocycles. The highest BCUT2D eigenvalue weighted by Gasteiger charge is 2.25. The number of nitrogens with one attached hydrogen (secondary N) is 1. The number of ether oxygens (including phenoxy) is 2. The highest BCUT2D eigenvalue weighted by molar-refractivity contribution is 5.70. The van der Waals surface area contributed by atoms with Crippen LogP contribution < -0.4 is 9.47 Å². The topological polar surface area (TPSA) is 60.0 Å². The Bertz CT molecular complexity index is 705. The van der Waals surface area contributed by atoms with Crippen molar-refractivity contribution in [3.63, 3.8) is 0 Å². The van der Waals surface area contributed by atoms with Crippen LogP contribution in [0.15, 0.2) is 42.6 Å². The number of hydrogen-bond acceptors (Lipinski definition) is 4. The molecule has 0 aliphatic carbocycles. The van der Waals surface area contributed by atoms with Crippen LogP contribution in [0.25, 0.3) is 11.2 Å². The molecule has 1 aliphatic heterocycles. The van der Waals surface area contributed by atoms with Gasteiger partial charge in [-0.3, -0.25) is 0 Å². The molecule has 1 atom stereocenters. The number of hydrogen-bond donors (Lipinski definition) is 1. The smallest absolute Gasteiger partial charge is 0.190 e. The Balaban J connectivity index is 1.70. The van der Waals surface area contributed by atoms with Crippen molar-refractivity contribution in [2.45, 2.75) is 6.10 Å². The van der Waals surface area contributed by atoms with E-state index in [1.54, 1.807) is 6.20 Å². The van der Waals surface area contributed by atoms with Crippen molar-refractivity contribution >= 4 is 11.2 Å². The summed E-state index contributed by atoms with van der Waals surface area (Å²) in [6.07, 6.45) is 1.49. The van der Waals surface area contributed by atoms with Crippen LogP contribution in [0.3, 0.4) is 0 Å². The van der Waals surface area contributed by atoms with E-state index in [0.29, 0.717) is 12.3 Å². The van der Waals surface area contributed by atoms with Gasteiger partial charge in [0.2, 0.25) is 0 Å². The molecule has 0 bridgehead atoms. The third-order valence-electron chi connectivity index (χ3n) is 3.09. The standard InChI is InChI=1S/C14H11N3O2/c1-2-6-11-10(5-1)18-8-12(19-11)14-16-9-4-3-7-15-13(9)17-14/h1-7,12H,8H2,(H,15,16,17). The van der Waals surface area contributed by atoms with Crippen LogP contribution in [0, 0.1) is 0 Å². The second-order valence-corrected chi connectivity index (χ2v) is 4.36. The number of para-hydroxylation sites is 2. The molecule has 5 heteroatoms. The van der Waals surface area contributed by atoms with E-state index in [1.807, 2.05) is 36.4 Å². The molecule has 0 fully saturated rings. The van der Waals surface area contributed by atoms with Gasteiger partial charge in [0.25, 0.3) is 0 Å². The van der Waals surface area contributed by atoms with Crippen LogP contribution in [0.1, 0.15) is 11.9 Å². The lowest BCUT2D eigenvalue weighted by molar-refractivity contribution is 0.0859. The fraction of sp³-hybridized carbons (Fsp3) is 0.143. The molecular weight excluding hydrogens is 242 g/mol. The molecule has 1 aliphatic rings. The molecular formula is C14H11N3O2. The van der Waals surface area contributed by atoms with Gasteiger partial charge in [-0.15, -0.1) is 0 Å². The van der Waals surface area contributed by atoms with E-state index in [9.17, 15) is 0 Å². The maximum absolute atomic E-state index is 5.90. The Hall–Kier alpha value is -2.56. The maximum Gasteiger partial charge on any atom is 0.190 e. The summed E-state index contributed by atoms with van der Waals surface area (Å²) in [5.74, 6) is 2.25. The normalized spacial score (nSPS) is 17.6. The number of aromatic nitrogens is 3. The minimum absolute atomic E-state index is 0.232. The number of fused-ring (bicyclic) bond motifs is 2. The van der Waals surface area contributed by atoms with Crippen molar-refractivity contribution in [3.8, 4) is 11.5 Å². The van der Waals surface area contributed by atoms with Crippen molar-refractivity contribution in [3.05, 3.63) is 48.4 Å². The lowest BCUT2D eigenvalue weighted by Gasteiger charge is -2.24. The van der Waals surface area contributed by atoms with Crippen LogP contribution >= 0.6 is 0 Å². The number of benzene rings is 1. The predicted octanol–water partition coefficient (Wildman–Crippen LogP) is 2.47. The van der Waals surface area contributed by atoms with Gasteiger partial charge < -0.3 is 14.5 Å². The van der Waals surface area contributed by atoms with Crippen molar-refractivity contribution < 1.29 is 9.47 Å². The van der Waals surface area contributed by atoms with Gasteiger partial charge in [0, 0.05) is 6.20 Å². The van der Waals surface area contributed by atoms with Crippen LogP contribution in [-0.2, 0) is 0 Å². The van der Waals surface area contributed by atoms with Crippen molar-refractivity contribution in [2.24, 2.45) is 0 Å². The highest BCUT2D eigenvalue weighted by atomic mass is 16.6.